The van der Waals surface area contributed by atoms with Gasteiger partial charge in [-0.1, -0.05) is 37.0 Å². The fraction of sp³-hybridized carbons (Fsp3) is 0.429. The minimum absolute atomic E-state index is 0.0286. The molecular formula is C14H18Cl2N2O3. The van der Waals surface area contributed by atoms with Gasteiger partial charge in [-0.3, -0.25) is 0 Å². The van der Waals surface area contributed by atoms with Crippen LogP contribution in [0.1, 0.15) is 31.1 Å². The molecule has 0 heterocycles. The third-order valence-electron chi connectivity index (χ3n) is 3.42. The van der Waals surface area contributed by atoms with E-state index in [1.807, 2.05) is 20.8 Å². The maximum Gasteiger partial charge on any atom is 0.335 e. The van der Waals surface area contributed by atoms with Gasteiger partial charge in [0.25, 0.3) is 0 Å². The Bertz CT molecular complexity index is 538. The molecular weight excluding hydrogens is 315 g/mol. The molecule has 0 saturated carbocycles. The summed E-state index contributed by atoms with van der Waals surface area (Å²) in [6.45, 7) is 5.95. The average Bonchev–Trinajstić information content (AvgIpc) is 2.40. The summed E-state index contributed by atoms with van der Waals surface area (Å²) in [7, 11) is 1.67. The number of halogens is 2. The Kier molecular flexibility index (Phi) is 5.87. The average molecular weight is 333 g/mol. The van der Waals surface area contributed by atoms with Crippen molar-refractivity contribution >= 4 is 40.9 Å². The van der Waals surface area contributed by atoms with E-state index in [0.29, 0.717) is 5.92 Å². The lowest BCUT2D eigenvalue weighted by Gasteiger charge is -2.28. The lowest BCUT2D eigenvalue weighted by molar-refractivity contribution is 0.0697. The highest BCUT2D eigenvalue weighted by Crippen LogP contribution is 2.32. The standard InChI is InChI=1S/C14H18Cl2N2O3/c1-7(2)8(3)18(4)14(21)17-12-10(15)5-9(13(19)20)6-11(12)16/h5-8H,1-4H3,(H,17,21)(H,19,20). The quantitative estimate of drug-likeness (QED) is 0.867. The zero-order valence-corrected chi connectivity index (χ0v) is 13.8. The molecule has 0 aliphatic heterocycles. The number of nitrogens with zero attached hydrogens (tertiary/aromatic N) is 1. The van der Waals surface area contributed by atoms with Gasteiger partial charge in [-0.25, -0.2) is 9.59 Å². The van der Waals surface area contributed by atoms with Crippen LogP contribution in [0, 0.1) is 5.92 Å². The monoisotopic (exact) mass is 332 g/mol. The van der Waals surface area contributed by atoms with Crippen LogP contribution in [-0.2, 0) is 0 Å². The molecule has 7 heteroatoms. The third kappa shape index (κ3) is 4.25. The van der Waals surface area contributed by atoms with Crippen molar-refractivity contribution in [2.24, 2.45) is 5.92 Å². The van der Waals surface area contributed by atoms with E-state index in [-0.39, 0.29) is 33.4 Å². The summed E-state index contributed by atoms with van der Waals surface area (Å²) in [6.07, 6.45) is 0. The van der Waals surface area contributed by atoms with Crippen LogP contribution in [0.15, 0.2) is 12.1 Å². The second-order valence-corrected chi connectivity index (χ2v) is 5.96. The molecule has 0 aromatic heterocycles. The maximum atomic E-state index is 12.2. The molecule has 0 aliphatic rings. The number of nitrogens with one attached hydrogen (secondary N) is 1. The number of rotatable bonds is 4. The van der Waals surface area contributed by atoms with Gasteiger partial charge in [0, 0.05) is 13.1 Å². The van der Waals surface area contributed by atoms with Gasteiger partial charge in [0.15, 0.2) is 0 Å². The molecule has 0 spiro atoms. The minimum atomic E-state index is -1.14. The molecule has 2 N–H and O–H groups in total. The number of urea groups is 1. The number of carbonyl (C=O) groups excluding carboxylic acids is 1. The van der Waals surface area contributed by atoms with Crippen LogP contribution in [0.4, 0.5) is 10.5 Å². The Morgan fingerprint density at radius 1 is 1.19 bits per heavy atom. The van der Waals surface area contributed by atoms with Crippen molar-refractivity contribution in [1.29, 1.82) is 0 Å². The first kappa shape index (κ1) is 17.6. The van der Waals surface area contributed by atoms with E-state index in [0.717, 1.165) is 0 Å². The van der Waals surface area contributed by atoms with Crippen LogP contribution in [-0.4, -0.2) is 35.1 Å². The number of anilines is 1. The molecule has 1 atom stereocenters. The van der Waals surface area contributed by atoms with Crippen molar-refractivity contribution in [2.75, 3.05) is 12.4 Å². The van der Waals surface area contributed by atoms with E-state index in [4.69, 9.17) is 28.3 Å². The SMILES string of the molecule is CC(C)C(C)N(C)C(=O)Nc1c(Cl)cc(C(=O)O)cc1Cl. The maximum absolute atomic E-state index is 12.2. The Hall–Kier alpha value is -1.46. The largest absolute Gasteiger partial charge is 0.478 e. The summed E-state index contributed by atoms with van der Waals surface area (Å²) in [5.74, 6) is -0.844. The number of hydrogen-bond acceptors (Lipinski definition) is 2. The second-order valence-electron chi connectivity index (χ2n) is 5.15. The first-order chi connectivity index (χ1) is 9.65. The second kappa shape index (κ2) is 7.00. The number of aromatic carboxylic acids is 1. The van der Waals surface area contributed by atoms with E-state index >= 15 is 0 Å². The van der Waals surface area contributed by atoms with Crippen LogP contribution in [0.5, 0.6) is 0 Å². The Labute approximate surface area is 133 Å². The van der Waals surface area contributed by atoms with Gasteiger partial charge in [-0.15, -0.1) is 0 Å². The van der Waals surface area contributed by atoms with Crippen LogP contribution >= 0.6 is 23.2 Å². The van der Waals surface area contributed by atoms with Gasteiger partial charge in [0.05, 0.1) is 21.3 Å². The predicted octanol–water partition coefficient (Wildman–Crippen LogP) is 4.20. The molecule has 116 valence electrons. The lowest BCUT2D eigenvalue weighted by atomic mass is 10.1. The number of carboxylic acids is 1. The van der Waals surface area contributed by atoms with Gasteiger partial charge < -0.3 is 15.3 Å². The highest BCUT2D eigenvalue weighted by molar-refractivity contribution is 6.40. The molecule has 0 saturated heterocycles. The van der Waals surface area contributed by atoms with Crippen molar-refractivity contribution in [2.45, 2.75) is 26.8 Å². The number of hydrogen-bond donors (Lipinski definition) is 2. The van der Waals surface area contributed by atoms with Gasteiger partial charge >= 0.3 is 12.0 Å². The Morgan fingerprint density at radius 3 is 2.05 bits per heavy atom. The van der Waals surface area contributed by atoms with E-state index in [1.165, 1.54) is 12.1 Å². The fourth-order valence-electron chi connectivity index (χ4n) is 1.64. The number of carboxylic acid groups (broad SMARTS) is 1. The Morgan fingerprint density at radius 2 is 1.67 bits per heavy atom. The van der Waals surface area contributed by atoms with Crippen LogP contribution in [0.3, 0.4) is 0 Å². The topological polar surface area (TPSA) is 69.6 Å². The number of carbonyl (C=O) groups is 2. The summed E-state index contributed by atoms with van der Waals surface area (Å²) in [5, 5.41) is 11.7. The van der Waals surface area contributed by atoms with Crippen molar-refractivity contribution in [3.63, 3.8) is 0 Å². The van der Waals surface area contributed by atoms with Crippen molar-refractivity contribution in [1.82, 2.24) is 4.90 Å². The van der Waals surface area contributed by atoms with Gasteiger partial charge in [-0.05, 0) is 25.0 Å². The van der Waals surface area contributed by atoms with E-state index in [9.17, 15) is 9.59 Å². The minimum Gasteiger partial charge on any atom is -0.478 e. The Balaban J connectivity index is 2.98. The molecule has 2 amide bonds. The molecule has 0 bridgehead atoms. The highest BCUT2D eigenvalue weighted by atomic mass is 35.5. The third-order valence-corrected chi connectivity index (χ3v) is 4.01. The zero-order chi connectivity index (χ0) is 16.3. The van der Waals surface area contributed by atoms with E-state index < -0.39 is 5.97 Å². The molecule has 0 aliphatic carbocycles. The molecule has 0 fully saturated rings. The molecule has 1 aromatic carbocycles. The first-order valence-corrected chi connectivity index (χ1v) is 7.16. The summed E-state index contributed by atoms with van der Waals surface area (Å²) in [6, 6.07) is 2.16. The molecule has 1 aromatic rings. The van der Waals surface area contributed by atoms with Gasteiger partial charge in [-0.2, -0.15) is 0 Å². The highest BCUT2D eigenvalue weighted by Gasteiger charge is 2.21. The first-order valence-electron chi connectivity index (χ1n) is 6.41. The van der Waals surface area contributed by atoms with Crippen LogP contribution in [0.25, 0.3) is 0 Å². The fourth-order valence-corrected chi connectivity index (χ4v) is 2.22. The number of amides is 2. The van der Waals surface area contributed by atoms with Gasteiger partial charge in [0.2, 0.25) is 0 Å². The van der Waals surface area contributed by atoms with E-state index in [2.05, 4.69) is 5.32 Å². The van der Waals surface area contributed by atoms with Crippen molar-refractivity contribution < 1.29 is 14.7 Å². The molecule has 5 nitrogen and oxygen atoms in total. The van der Waals surface area contributed by atoms with E-state index in [1.54, 1.807) is 11.9 Å². The predicted molar refractivity (Wildman–Crippen MR) is 84.5 cm³/mol. The lowest BCUT2D eigenvalue weighted by Crippen LogP contribution is -2.41. The zero-order valence-electron chi connectivity index (χ0n) is 12.3. The van der Waals surface area contributed by atoms with Crippen molar-refractivity contribution in [3.8, 4) is 0 Å². The normalized spacial score (nSPS) is 12.1. The van der Waals surface area contributed by atoms with Crippen molar-refractivity contribution in [3.05, 3.63) is 27.7 Å². The van der Waals surface area contributed by atoms with Crippen LogP contribution in [0.2, 0.25) is 10.0 Å². The summed E-state index contributed by atoms with van der Waals surface area (Å²) in [5.41, 5.74) is 0.169. The van der Waals surface area contributed by atoms with Gasteiger partial charge in [0.1, 0.15) is 0 Å². The molecule has 0 radical (unpaired) electrons. The number of benzene rings is 1. The summed E-state index contributed by atoms with van der Waals surface area (Å²) in [4.78, 5) is 24.6. The smallest absolute Gasteiger partial charge is 0.335 e. The molecule has 1 rings (SSSR count). The molecule has 1 unspecified atom stereocenters. The van der Waals surface area contributed by atoms with Crippen LogP contribution < -0.4 is 5.32 Å². The molecule has 21 heavy (non-hydrogen) atoms. The summed E-state index contributed by atoms with van der Waals surface area (Å²) >= 11 is 12.0. The summed E-state index contributed by atoms with van der Waals surface area (Å²) < 4.78 is 0.